The summed E-state index contributed by atoms with van der Waals surface area (Å²) in [6.07, 6.45) is 0. The van der Waals surface area contributed by atoms with Crippen molar-refractivity contribution in [1.29, 1.82) is 0 Å². The zero-order chi connectivity index (χ0) is 78.3. The Labute approximate surface area is 508 Å². The van der Waals surface area contributed by atoms with Gasteiger partial charge in [0.05, 0.1) is 74.8 Å². The summed E-state index contributed by atoms with van der Waals surface area (Å²) < 4.78 is 272. The van der Waals surface area contributed by atoms with E-state index in [1.54, 1.807) is 104 Å². The number of fused-ring (bicyclic) bond motifs is 15. The summed E-state index contributed by atoms with van der Waals surface area (Å²) >= 11 is 0. The average molecular weight is 1070 g/mol. The maximum absolute atomic E-state index is 11.3. The van der Waals surface area contributed by atoms with Crippen molar-refractivity contribution in [3.8, 4) is 11.4 Å². The molecule has 6 heterocycles. The van der Waals surface area contributed by atoms with Crippen LogP contribution >= 0.6 is 0 Å². The van der Waals surface area contributed by atoms with Gasteiger partial charge in [-0.05, 0) is 174 Å². The van der Waals surface area contributed by atoms with Crippen LogP contribution < -0.4 is 26.2 Å². The van der Waals surface area contributed by atoms with Crippen LogP contribution in [0.25, 0.3) is 76.9 Å². The fourth-order valence-corrected chi connectivity index (χ4v) is 11.4. The molecule has 0 spiro atoms. The Morgan fingerprint density at radius 3 is 1.48 bits per heavy atom. The van der Waals surface area contributed by atoms with E-state index < -0.39 is 216 Å². The summed E-state index contributed by atoms with van der Waals surface area (Å²) in [7, 11) is 0. The lowest BCUT2D eigenvalue weighted by atomic mass is 9.33. The highest BCUT2D eigenvalue weighted by Crippen LogP contribution is 2.55. The van der Waals surface area contributed by atoms with Gasteiger partial charge >= 0.3 is 0 Å². The molecule has 3 aliphatic rings. The second-order valence-corrected chi connectivity index (χ2v) is 26.6. The molecule has 6 heteroatoms. The van der Waals surface area contributed by atoms with Gasteiger partial charge in [0.1, 0.15) is 11.2 Å². The summed E-state index contributed by atoms with van der Waals surface area (Å²) in [5.74, 6) is 0. The van der Waals surface area contributed by atoms with Gasteiger partial charge < -0.3 is 23.4 Å². The number of benzene rings is 9. The first kappa shape index (κ1) is 29.0. The van der Waals surface area contributed by atoms with Crippen LogP contribution in [0.4, 0.5) is 34.1 Å². The minimum absolute atomic E-state index is 0.00486. The van der Waals surface area contributed by atoms with Gasteiger partial charge in [-0.15, -0.1) is 0 Å². The smallest absolute Gasteiger partial charge is 0.252 e. The Bertz CT molecular complexity index is 6180. The first-order valence-electron chi connectivity index (χ1n) is 40.0. The minimum atomic E-state index is -1.91. The topological polar surface area (TPSA) is 29.5 Å². The fourth-order valence-electron chi connectivity index (χ4n) is 11.4. The number of hydrogen-bond acceptors (Lipinski definition) is 3. The van der Waals surface area contributed by atoms with Crippen LogP contribution in [-0.2, 0) is 27.1 Å². The standard InChI is InChI=1S/C74H71BN4O/c1-70(2,3)42-23-29-57-50(33-42)51-34-43(71(4,5)6)24-30-58(51)76(57)48-26-28-55-61(41-48)77(47-27-32-66-53(40-47)49-19-16-17-22-65(49)80-66)62-37-46(74(13,14)15)38-63-67(62)75(55)56-20-18-21-60-69(56)79(63)64-39-45(73(10,11)12)36-54-52-35-44(72(7,8)9)25-31-59(52)78(60)68(54)64/h16-41H,1-15H3/i16D,17D,18D,19D,20D,21D,22D,23D,24D,25D,26D,27D,28D,29D,30D,31D,32D,33D,34D,35D,36D,37D,38D,39D,40D,41D. The molecule has 15 rings (SSSR count). The highest BCUT2D eigenvalue weighted by atomic mass is 16.3. The van der Waals surface area contributed by atoms with Crippen molar-refractivity contribution in [3.63, 3.8) is 0 Å². The SMILES string of the molecule is [2H]c1c([2H])c2c3c(c1[2H])-n1c4c([2H])c([2H])c(C(C)(C)C)c([2H])c4c4c([2H])c(C(C)(C)C)c([2H])c(c41)N3c1c([2H])c(C(C)(C)C)c([2H])c3c1B2c1c([2H])c([2H])c(-n2c4c([2H])c([2H])c(C(C)(C)C)c([2H])c4c4c([2H])c(C(C)(C)C)c([2H])c([2H])c42)c([2H])c1N3c1c([2H])c([2H])c2oc3c([2H])c([2H])c([2H])c([2H])c3c2c1[2H]. The summed E-state index contributed by atoms with van der Waals surface area (Å²) in [5.41, 5.74) is -12.0. The van der Waals surface area contributed by atoms with Crippen LogP contribution in [0.5, 0.6) is 0 Å². The third-order valence-corrected chi connectivity index (χ3v) is 15.7. The highest BCUT2D eigenvalue weighted by Gasteiger charge is 2.47. The normalized spacial score (nSPS) is 18.9. The Hall–Kier alpha value is -7.96. The summed E-state index contributed by atoms with van der Waals surface area (Å²) in [5, 5.41) is -1.27. The molecule has 0 bridgehead atoms. The van der Waals surface area contributed by atoms with Crippen LogP contribution in [0.3, 0.4) is 0 Å². The predicted octanol–water partition coefficient (Wildman–Crippen LogP) is 18.7. The predicted molar refractivity (Wildman–Crippen MR) is 343 cm³/mol. The van der Waals surface area contributed by atoms with Crippen molar-refractivity contribution < 1.29 is 40.1 Å². The largest absolute Gasteiger partial charge is 0.456 e. The molecule has 0 fully saturated rings. The maximum atomic E-state index is 11.3. The Morgan fingerprint density at radius 2 is 0.863 bits per heavy atom. The molecule has 0 unspecified atom stereocenters. The number of anilines is 6. The van der Waals surface area contributed by atoms with Crippen molar-refractivity contribution in [3.05, 3.63) is 185 Å². The third kappa shape index (κ3) is 6.90. The zero-order valence-electron chi connectivity index (χ0n) is 73.3. The van der Waals surface area contributed by atoms with Crippen molar-refractivity contribution in [2.24, 2.45) is 0 Å². The van der Waals surface area contributed by atoms with Crippen LogP contribution in [0.1, 0.15) is 167 Å². The molecule has 0 saturated heterocycles. The van der Waals surface area contributed by atoms with Crippen molar-refractivity contribution in [1.82, 2.24) is 9.13 Å². The van der Waals surface area contributed by atoms with Crippen molar-refractivity contribution >= 4 is 123 Å². The Morgan fingerprint density at radius 1 is 0.350 bits per heavy atom. The molecule has 9 aromatic carbocycles. The second-order valence-electron chi connectivity index (χ2n) is 26.6. The van der Waals surface area contributed by atoms with E-state index >= 15 is 0 Å². The van der Waals surface area contributed by atoms with E-state index in [2.05, 4.69) is 0 Å². The molecule has 12 aromatic rings. The number of nitrogens with zero attached hydrogens (tertiary/aromatic N) is 4. The molecule has 0 amide bonds. The molecule has 0 N–H and O–H groups in total. The first-order valence-corrected chi connectivity index (χ1v) is 27.0. The van der Waals surface area contributed by atoms with Gasteiger partial charge in [0.25, 0.3) is 6.71 Å². The van der Waals surface area contributed by atoms with Gasteiger partial charge in [0.2, 0.25) is 0 Å². The minimum Gasteiger partial charge on any atom is -0.456 e. The van der Waals surface area contributed by atoms with E-state index in [0.29, 0.717) is 0 Å². The van der Waals surface area contributed by atoms with Crippen LogP contribution in [0.15, 0.2) is 162 Å². The van der Waals surface area contributed by atoms with Gasteiger partial charge in [-0.2, -0.15) is 0 Å². The third-order valence-electron chi connectivity index (χ3n) is 15.7. The van der Waals surface area contributed by atoms with Crippen LogP contribution in [-0.4, -0.2) is 15.8 Å². The van der Waals surface area contributed by atoms with Gasteiger partial charge in [-0.3, -0.25) is 0 Å². The summed E-state index contributed by atoms with van der Waals surface area (Å²) in [4.78, 5) is 2.47. The fraction of sp³-hybridized carbons (Fsp3) is 0.270. The average Bonchev–Trinajstić information content (AvgIpc) is 1.18. The first-order chi connectivity index (χ1) is 48.8. The summed E-state index contributed by atoms with van der Waals surface area (Å²) in [6.45, 7) is 24.1. The number of hydrogen-bond donors (Lipinski definition) is 0. The van der Waals surface area contributed by atoms with E-state index in [1.165, 1.54) is 9.47 Å². The zero-order valence-corrected chi connectivity index (χ0v) is 47.3. The molecule has 3 aromatic heterocycles. The monoisotopic (exact) mass is 1070 g/mol. The molecule has 0 radical (unpaired) electrons. The van der Waals surface area contributed by atoms with Gasteiger partial charge in [0.15, 0.2) is 0 Å². The lowest BCUT2D eigenvalue weighted by molar-refractivity contribution is 0.590. The quantitative estimate of drug-likeness (QED) is 0.162. The number of furan rings is 1. The molecular weight excluding hydrogens is 972 g/mol. The highest BCUT2D eigenvalue weighted by molar-refractivity contribution is 7.00. The summed E-state index contributed by atoms with van der Waals surface area (Å²) in [6, 6.07) is -16.2. The van der Waals surface area contributed by atoms with Crippen LogP contribution in [0.2, 0.25) is 0 Å². The van der Waals surface area contributed by atoms with E-state index in [0.717, 1.165) is 9.47 Å². The van der Waals surface area contributed by atoms with E-state index in [-0.39, 0.29) is 130 Å². The van der Waals surface area contributed by atoms with Crippen LogP contribution in [0, 0.1) is 0 Å². The molecule has 0 saturated carbocycles. The van der Waals surface area contributed by atoms with Gasteiger partial charge in [-0.25, -0.2) is 0 Å². The van der Waals surface area contributed by atoms with Gasteiger partial charge in [0, 0.05) is 60.8 Å². The molecule has 80 heavy (non-hydrogen) atoms. The van der Waals surface area contributed by atoms with Crippen molar-refractivity contribution in [2.45, 2.75) is 131 Å². The molecule has 5 nitrogen and oxygen atoms in total. The second kappa shape index (κ2) is 15.9. The Balaban J connectivity index is 1.26. The molecule has 3 aliphatic heterocycles. The Kier molecular flexibility index (Phi) is 5.76. The molecule has 0 atom stereocenters. The van der Waals surface area contributed by atoms with E-state index in [9.17, 15) is 31.5 Å². The van der Waals surface area contributed by atoms with E-state index in [1.807, 2.05) is 0 Å². The van der Waals surface area contributed by atoms with Crippen molar-refractivity contribution in [2.75, 3.05) is 9.80 Å². The number of aromatic nitrogens is 2. The van der Waals surface area contributed by atoms with Gasteiger partial charge in [-0.1, -0.05) is 158 Å². The lowest BCUT2D eigenvalue weighted by Gasteiger charge is -2.47. The maximum Gasteiger partial charge on any atom is 0.252 e. The van der Waals surface area contributed by atoms with E-state index in [4.69, 9.17) is 8.53 Å². The molecule has 396 valence electrons. The molecule has 0 aliphatic carbocycles. The lowest BCUT2D eigenvalue weighted by Crippen LogP contribution is -2.62. The molecular formula is C74H71BN4O. The number of rotatable bonds is 2. The number of para-hydroxylation sites is 2.